The summed E-state index contributed by atoms with van der Waals surface area (Å²) >= 11 is 0. The van der Waals surface area contributed by atoms with Crippen LogP contribution in [-0.4, -0.2) is 31.0 Å². The Hall–Kier alpha value is -3.35. The molecule has 0 fully saturated rings. The van der Waals surface area contributed by atoms with Crippen LogP contribution in [0.2, 0.25) is 0 Å². The fraction of sp³-hybridized carbons (Fsp3) is 0.444. The maximum absolute atomic E-state index is 12.9. The van der Waals surface area contributed by atoms with E-state index < -0.39 is 11.6 Å². The zero-order chi connectivity index (χ0) is 24.7. The number of rotatable bonds is 12. The molecule has 34 heavy (non-hydrogen) atoms. The molecule has 1 aromatic heterocycles. The van der Waals surface area contributed by atoms with Crippen molar-refractivity contribution in [2.24, 2.45) is 0 Å². The number of nitrogens with zero attached hydrogens (tertiary/aromatic N) is 3. The second kappa shape index (κ2) is 11.2. The van der Waals surface area contributed by atoms with Crippen molar-refractivity contribution < 1.29 is 14.6 Å². The topological polar surface area (TPSA) is 86.3 Å². The van der Waals surface area contributed by atoms with Gasteiger partial charge in [0.15, 0.2) is 5.60 Å². The molecule has 7 nitrogen and oxygen atoms in total. The highest BCUT2D eigenvalue weighted by Gasteiger charge is 2.29. The third-order valence-corrected chi connectivity index (χ3v) is 5.80. The van der Waals surface area contributed by atoms with Crippen molar-refractivity contribution in [1.82, 2.24) is 14.3 Å². The Morgan fingerprint density at radius 1 is 1.06 bits per heavy atom. The first-order valence-corrected chi connectivity index (χ1v) is 11.9. The number of carboxylic acid groups (broad SMARTS) is 1. The van der Waals surface area contributed by atoms with E-state index in [2.05, 4.69) is 12.0 Å². The summed E-state index contributed by atoms with van der Waals surface area (Å²) in [5.74, 6) is 0.383. The lowest BCUT2D eigenvalue weighted by molar-refractivity contribution is -0.152. The predicted molar refractivity (Wildman–Crippen MR) is 132 cm³/mol. The maximum Gasteiger partial charge on any atom is 0.347 e. The Bertz CT molecular complexity index is 1160. The third-order valence-electron chi connectivity index (χ3n) is 5.80. The molecule has 0 aliphatic rings. The van der Waals surface area contributed by atoms with Gasteiger partial charge in [-0.3, -0.25) is 4.57 Å². The number of carbonyl (C=O) groups is 1. The van der Waals surface area contributed by atoms with Crippen molar-refractivity contribution in [3.05, 3.63) is 81.5 Å². The van der Waals surface area contributed by atoms with Gasteiger partial charge in [-0.25, -0.2) is 14.3 Å². The quantitative estimate of drug-likeness (QED) is 0.395. The molecule has 0 saturated carbocycles. The molecule has 0 bridgehead atoms. The van der Waals surface area contributed by atoms with Crippen LogP contribution in [-0.2, 0) is 30.7 Å². The van der Waals surface area contributed by atoms with E-state index in [9.17, 15) is 14.7 Å². The highest BCUT2D eigenvalue weighted by atomic mass is 16.5. The molecular weight excluding hydrogens is 430 g/mol. The van der Waals surface area contributed by atoms with Gasteiger partial charge in [0.1, 0.15) is 11.6 Å². The number of carboxylic acids is 1. The van der Waals surface area contributed by atoms with E-state index in [4.69, 9.17) is 4.74 Å². The van der Waals surface area contributed by atoms with Crippen molar-refractivity contribution in [2.75, 3.05) is 0 Å². The fourth-order valence-corrected chi connectivity index (χ4v) is 3.80. The molecule has 0 saturated heterocycles. The Labute approximate surface area is 201 Å². The van der Waals surface area contributed by atoms with E-state index in [1.165, 1.54) is 19.4 Å². The molecule has 3 rings (SSSR count). The van der Waals surface area contributed by atoms with Crippen molar-refractivity contribution in [2.45, 2.75) is 78.5 Å². The number of unbranched alkanes of at least 4 members (excludes halogenated alkanes) is 1. The van der Waals surface area contributed by atoms with Gasteiger partial charge < -0.3 is 9.84 Å². The smallest absolute Gasteiger partial charge is 0.347 e. The van der Waals surface area contributed by atoms with Crippen LogP contribution in [0.4, 0.5) is 0 Å². The number of hydrogen-bond donors (Lipinski definition) is 1. The van der Waals surface area contributed by atoms with E-state index in [1.54, 1.807) is 15.3 Å². The summed E-state index contributed by atoms with van der Waals surface area (Å²) in [6.07, 6.45) is 4.28. The first-order valence-electron chi connectivity index (χ1n) is 11.9. The van der Waals surface area contributed by atoms with Gasteiger partial charge in [0, 0.05) is 13.0 Å². The highest BCUT2D eigenvalue weighted by molar-refractivity contribution is 5.76. The number of aryl methyl sites for hydroxylation is 3. The highest BCUT2D eigenvalue weighted by Crippen LogP contribution is 2.21. The molecule has 7 heteroatoms. The Morgan fingerprint density at radius 3 is 2.44 bits per heavy atom. The number of aromatic nitrogens is 3. The van der Waals surface area contributed by atoms with Gasteiger partial charge in [0.05, 0.1) is 6.54 Å². The van der Waals surface area contributed by atoms with Gasteiger partial charge in [0.2, 0.25) is 0 Å². The van der Waals surface area contributed by atoms with Gasteiger partial charge in [0.25, 0.3) is 0 Å². The summed E-state index contributed by atoms with van der Waals surface area (Å²) in [6.45, 7) is 8.33. The minimum Gasteiger partial charge on any atom is -0.478 e. The lowest BCUT2D eigenvalue weighted by Crippen LogP contribution is -2.37. The Kier molecular flexibility index (Phi) is 8.31. The molecule has 1 N–H and O–H groups in total. The lowest BCUT2D eigenvalue weighted by atomic mass is 10.1. The summed E-state index contributed by atoms with van der Waals surface area (Å²) in [5, 5.41) is 13.9. The molecular formula is C27H35N3O4. The average molecular weight is 466 g/mol. The van der Waals surface area contributed by atoms with Crippen molar-refractivity contribution in [3.8, 4) is 5.75 Å². The van der Waals surface area contributed by atoms with Crippen LogP contribution in [0.15, 0.2) is 53.3 Å². The predicted octanol–water partition coefficient (Wildman–Crippen LogP) is 4.62. The summed E-state index contributed by atoms with van der Waals surface area (Å²) in [5.41, 5.74) is 2.02. The number of ether oxygens (including phenoxy) is 1. The average Bonchev–Trinajstić information content (AvgIpc) is 3.07. The Balaban J connectivity index is 1.61. The number of aliphatic carboxylic acids is 1. The van der Waals surface area contributed by atoms with Crippen LogP contribution in [0, 0.1) is 6.92 Å². The summed E-state index contributed by atoms with van der Waals surface area (Å²) in [7, 11) is 0. The molecule has 1 heterocycles. The van der Waals surface area contributed by atoms with E-state index >= 15 is 0 Å². The van der Waals surface area contributed by atoms with Crippen LogP contribution in [0.1, 0.15) is 62.5 Å². The second-order valence-corrected chi connectivity index (χ2v) is 9.27. The van der Waals surface area contributed by atoms with E-state index in [1.807, 2.05) is 49.4 Å². The number of hydrogen-bond acceptors (Lipinski definition) is 4. The summed E-state index contributed by atoms with van der Waals surface area (Å²) in [4.78, 5) is 24.2. The molecule has 0 unspecified atom stereocenters. The van der Waals surface area contributed by atoms with Gasteiger partial charge >= 0.3 is 11.7 Å². The normalized spacial score (nSPS) is 11.5. The minimum absolute atomic E-state index is 0.0525. The molecule has 0 spiro atoms. The van der Waals surface area contributed by atoms with Crippen molar-refractivity contribution in [1.29, 1.82) is 0 Å². The van der Waals surface area contributed by atoms with Crippen molar-refractivity contribution in [3.63, 3.8) is 0 Å². The molecule has 3 aromatic rings. The van der Waals surface area contributed by atoms with Crippen LogP contribution < -0.4 is 10.4 Å². The zero-order valence-electron chi connectivity index (χ0n) is 20.6. The van der Waals surface area contributed by atoms with Crippen LogP contribution in [0.5, 0.6) is 5.75 Å². The Morgan fingerprint density at radius 2 is 1.76 bits per heavy atom. The molecule has 0 aliphatic heterocycles. The molecule has 0 atom stereocenters. The van der Waals surface area contributed by atoms with Gasteiger partial charge in [-0.05, 0) is 69.7 Å². The monoisotopic (exact) mass is 465 g/mol. The molecule has 0 aliphatic carbocycles. The van der Waals surface area contributed by atoms with Crippen LogP contribution >= 0.6 is 0 Å². The first kappa shape index (κ1) is 25.3. The lowest BCUT2D eigenvalue weighted by Gasteiger charge is -2.21. The van der Waals surface area contributed by atoms with Crippen LogP contribution in [0.25, 0.3) is 0 Å². The summed E-state index contributed by atoms with van der Waals surface area (Å²) < 4.78 is 9.02. The SMILES string of the molecule is CCCn1c(CCCCc2cccc(OC(C)(C)C(=O)O)c2)nn(Cc2ccc(C)cc2)c1=O. The maximum atomic E-state index is 12.9. The third kappa shape index (κ3) is 6.59. The second-order valence-electron chi connectivity index (χ2n) is 9.27. The van der Waals surface area contributed by atoms with Gasteiger partial charge in [-0.1, -0.05) is 48.9 Å². The molecule has 0 radical (unpaired) electrons. The number of benzene rings is 2. The van der Waals surface area contributed by atoms with Gasteiger partial charge in [-0.2, -0.15) is 5.10 Å². The van der Waals surface area contributed by atoms with E-state index in [0.717, 1.165) is 49.1 Å². The van der Waals surface area contributed by atoms with Crippen molar-refractivity contribution >= 4 is 5.97 Å². The first-order chi connectivity index (χ1) is 16.2. The van der Waals surface area contributed by atoms with E-state index in [0.29, 0.717) is 18.8 Å². The van der Waals surface area contributed by atoms with Gasteiger partial charge in [-0.15, -0.1) is 0 Å². The fourth-order valence-electron chi connectivity index (χ4n) is 3.80. The largest absolute Gasteiger partial charge is 0.478 e. The molecule has 0 amide bonds. The molecule has 2 aromatic carbocycles. The minimum atomic E-state index is -1.28. The standard InChI is InChI=1S/C27H35N3O4/c1-5-17-29-24(28-30(26(29)33)19-22-15-13-20(2)14-16-22)12-7-6-9-21-10-8-11-23(18-21)34-27(3,4)25(31)32/h8,10-11,13-16,18H,5-7,9,12,17,19H2,1-4H3,(H,31,32). The zero-order valence-corrected chi connectivity index (χ0v) is 20.6. The van der Waals surface area contributed by atoms with Crippen LogP contribution in [0.3, 0.4) is 0 Å². The summed E-state index contributed by atoms with van der Waals surface area (Å²) in [6, 6.07) is 15.7. The molecule has 182 valence electrons. The van der Waals surface area contributed by atoms with E-state index in [-0.39, 0.29) is 5.69 Å².